The number of piperazine rings is 2. The Balaban J connectivity index is 0.000000156. The van der Waals surface area contributed by atoms with Gasteiger partial charge in [0, 0.05) is 69.7 Å². The summed E-state index contributed by atoms with van der Waals surface area (Å²) >= 11 is 0. The molecule has 2 aromatic carbocycles. The number of imidazole rings is 2. The number of carbonyl (C=O) groups excluding carboxylic acids is 2. The Morgan fingerprint density at radius 3 is 1.50 bits per heavy atom. The van der Waals surface area contributed by atoms with Gasteiger partial charge in [0.2, 0.25) is 0 Å². The monoisotopic (exact) mass is 809 g/mol. The molecule has 2 aliphatic heterocycles. The Morgan fingerprint density at radius 1 is 0.617 bits per heavy atom. The number of rotatable bonds is 6. The fraction of sp³-hybridized carbons (Fsp3) is 0.333. The van der Waals surface area contributed by atoms with Gasteiger partial charge in [0.05, 0.1) is 40.8 Å². The van der Waals surface area contributed by atoms with Gasteiger partial charge in [-0.2, -0.15) is 0 Å². The second-order valence-electron chi connectivity index (χ2n) is 15.0. The standard InChI is InChI=1S/C22H23N5O2.C21H22N6O.C2H6O/c1-3-29-22(28)16-14-15-8-9-19(26-12-10-25(2)11-13-26)24-20(15)27-18-7-5-4-6-17(18)23-21(16)27;1-25-8-10-26(11-9-25)19-7-6-14-12-15(18(28)13-22)21-23-16-4-2-3-5-17(16)27(21)20(14)24-19;1-2-3/h4-9,14H,3,10-13H2,1-2H3;2-7,12H,8-11,13,22H2,1H3;3H,2H2,1H3. The van der Waals surface area contributed by atoms with Gasteiger partial charge in [0.15, 0.2) is 17.1 Å². The van der Waals surface area contributed by atoms with Gasteiger partial charge in [-0.25, -0.2) is 24.7 Å². The molecule has 310 valence electrons. The largest absolute Gasteiger partial charge is 0.462 e. The number of carbonyl (C=O) groups is 2. The molecule has 2 aliphatic rings. The van der Waals surface area contributed by atoms with Crippen LogP contribution in [0.15, 0.2) is 84.9 Å². The van der Waals surface area contributed by atoms with Gasteiger partial charge in [0.25, 0.3) is 0 Å². The van der Waals surface area contributed by atoms with Gasteiger partial charge in [-0.1, -0.05) is 24.3 Å². The molecule has 0 saturated carbocycles. The van der Waals surface area contributed by atoms with Crippen molar-refractivity contribution in [1.82, 2.24) is 38.5 Å². The predicted octanol–water partition coefficient (Wildman–Crippen LogP) is 4.89. The number of ketones is 1. The number of aliphatic hydroxyl groups is 1. The van der Waals surface area contributed by atoms with E-state index in [0.29, 0.717) is 29.0 Å². The lowest BCUT2D eigenvalue weighted by Crippen LogP contribution is -2.44. The molecule has 8 heterocycles. The molecule has 0 aliphatic carbocycles. The Kier molecular flexibility index (Phi) is 11.8. The quantitative estimate of drug-likeness (QED) is 0.173. The van der Waals surface area contributed by atoms with Crippen LogP contribution in [0.4, 0.5) is 11.6 Å². The number of hydrogen-bond acceptors (Lipinski definition) is 13. The molecule has 0 atom stereocenters. The number of anilines is 2. The average molecular weight is 810 g/mol. The fourth-order valence-electron chi connectivity index (χ4n) is 7.86. The van der Waals surface area contributed by atoms with Crippen molar-refractivity contribution >= 4 is 78.8 Å². The maximum atomic E-state index is 12.6. The van der Waals surface area contributed by atoms with Gasteiger partial charge >= 0.3 is 5.97 Å². The highest BCUT2D eigenvalue weighted by atomic mass is 16.5. The smallest absolute Gasteiger partial charge is 0.341 e. The summed E-state index contributed by atoms with van der Waals surface area (Å²) in [7, 11) is 4.28. The van der Waals surface area contributed by atoms with Gasteiger partial charge in [-0.05, 0) is 88.6 Å². The highest BCUT2D eigenvalue weighted by Crippen LogP contribution is 2.30. The van der Waals surface area contributed by atoms with Crippen molar-refractivity contribution in [2.75, 3.05) is 96.0 Å². The second kappa shape index (κ2) is 17.5. The number of benzene rings is 2. The van der Waals surface area contributed by atoms with E-state index in [-0.39, 0.29) is 24.9 Å². The van der Waals surface area contributed by atoms with E-state index < -0.39 is 0 Å². The molecule has 15 nitrogen and oxygen atoms in total. The number of nitrogens with zero attached hydrogens (tertiary/aromatic N) is 10. The van der Waals surface area contributed by atoms with E-state index >= 15 is 0 Å². The van der Waals surface area contributed by atoms with Crippen LogP contribution in [0.3, 0.4) is 0 Å². The fourth-order valence-corrected chi connectivity index (χ4v) is 7.86. The summed E-state index contributed by atoms with van der Waals surface area (Å²) < 4.78 is 9.26. The number of pyridine rings is 4. The lowest BCUT2D eigenvalue weighted by molar-refractivity contribution is 0.0528. The first-order valence-electron chi connectivity index (χ1n) is 20.5. The molecule has 0 unspecified atom stereocenters. The molecule has 2 fully saturated rings. The molecule has 3 N–H and O–H groups in total. The first-order chi connectivity index (χ1) is 29.2. The molecular formula is C45H51N11O4. The number of nitrogens with two attached hydrogens (primary N) is 1. The summed E-state index contributed by atoms with van der Waals surface area (Å²) in [5.74, 6) is 1.43. The third-order valence-corrected chi connectivity index (χ3v) is 11.0. The minimum atomic E-state index is -0.363. The Bertz CT molecular complexity index is 2840. The van der Waals surface area contributed by atoms with Crippen molar-refractivity contribution in [2.45, 2.75) is 13.8 Å². The normalized spacial score (nSPS) is 15.1. The molecule has 0 amide bonds. The van der Waals surface area contributed by atoms with Gasteiger partial charge < -0.3 is 35.2 Å². The molecule has 6 aromatic heterocycles. The minimum absolute atomic E-state index is 0.0445. The molecule has 2 saturated heterocycles. The van der Waals surface area contributed by atoms with Crippen molar-refractivity contribution in [3.63, 3.8) is 0 Å². The van der Waals surface area contributed by atoms with Crippen molar-refractivity contribution in [3.8, 4) is 0 Å². The molecule has 0 radical (unpaired) electrons. The van der Waals surface area contributed by atoms with E-state index in [1.54, 1.807) is 6.92 Å². The Hall–Kier alpha value is -6.26. The van der Waals surface area contributed by atoms with E-state index in [1.165, 1.54) is 0 Å². The van der Waals surface area contributed by atoms with Crippen LogP contribution < -0.4 is 15.5 Å². The van der Waals surface area contributed by atoms with Crippen molar-refractivity contribution in [3.05, 3.63) is 96.1 Å². The Labute approximate surface area is 347 Å². The van der Waals surface area contributed by atoms with Gasteiger partial charge in [-0.15, -0.1) is 0 Å². The summed E-state index contributed by atoms with van der Waals surface area (Å²) in [6, 6.07) is 27.6. The topological polar surface area (TPSA) is 163 Å². The van der Waals surface area contributed by atoms with Crippen LogP contribution in [0, 0.1) is 0 Å². The number of fused-ring (bicyclic) bond motifs is 10. The van der Waals surface area contributed by atoms with Gasteiger partial charge in [0.1, 0.15) is 28.5 Å². The predicted molar refractivity (Wildman–Crippen MR) is 238 cm³/mol. The van der Waals surface area contributed by atoms with Crippen molar-refractivity contribution in [2.24, 2.45) is 5.73 Å². The lowest BCUT2D eigenvalue weighted by Gasteiger charge is -2.33. The summed E-state index contributed by atoms with van der Waals surface area (Å²) in [5, 5.41) is 9.37. The van der Waals surface area contributed by atoms with Crippen LogP contribution in [0.2, 0.25) is 0 Å². The zero-order valence-corrected chi connectivity index (χ0v) is 34.6. The maximum absolute atomic E-state index is 12.6. The number of esters is 1. The van der Waals surface area contributed by atoms with Crippen LogP contribution in [0.25, 0.3) is 55.4 Å². The number of aliphatic hydroxyl groups excluding tert-OH is 1. The number of likely N-dealkylation sites (N-methyl/N-ethyl adjacent to an activating group) is 2. The number of ether oxygens (including phenoxy) is 1. The molecule has 15 heteroatoms. The van der Waals surface area contributed by atoms with Crippen LogP contribution in [0.5, 0.6) is 0 Å². The maximum Gasteiger partial charge on any atom is 0.341 e. The van der Waals surface area contributed by atoms with Gasteiger partial charge in [-0.3, -0.25) is 13.6 Å². The number of para-hydroxylation sites is 4. The summed E-state index contributed by atoms with van der Waals surface area (Å²) in [6.07, 6.45) is 0. The van der Waals surface area contributed by atoms with Crippen LogP contribution >= 0.6 is 0 Å². The molecule has 60 heavy (non-hydrogen) atoms. The first kappa shape index (κ1) is 40.5. The average Bonchev–Trinajstić information content (AvgIpc) is 3.86. The third-order valence-electron chi connectivity index (χ3n) is 11.0. The Morgan fingerprint density at radius 2 is 1.05 bits per heavy atom. The van der Waals surface area contributed by atoms with Crippen molar-refractivity contribution < 1.29 is 19.4 Å². The third kappa shape index (κ3) is 7.79. The molecule has 0 bridgehead atoms. The lowest BCUT2D eigenvalue weighted by atomic mass is 10.1. The summed E-state index contributed by atoms with van der Waals surface area (Å²) in [4.78, 5) is 53.8. The van der Waals surface area contributed by atoms with E-state index in [4.69, 9.17) is 35.5 Å². The number of hydrogen-bond donors (Lipinski definition) is 2. The SMILES string of the molecule is CCO.CCOC(=O)c1cc2ccc(N3CCN(C)CC3)nc2n2c1nc1ccccc12.CN1CCN(c2ccc3cc(C(=O)CN)c4nc5ccccc5n4c3n2)CC1. The second-order valence-corrected chi connectivity index (χ2v) is 15.0. The zero-order chi connectivity index (χ0) is 41.9. The highest BCUT2D eigenvalue weighted by Gasteiger charge is 2.23. The molecular weight excluding hydrogens is 759 g/mol. The van der Waals surface area contributed by atoms with E-state index in [2.05, 4.69) is 33.7 Å². The van der Waals surface area contributed by atoms with Crippen LogP contribution in [-0.4, -0.2) is 142 Å². The molecule has 0 spiro atoms. The minimum Gasteiger partial charge on any atom is -0.462 e. The van der Waals surface area contributed by atoms with E-state index in [1.807, 2.05) is 101 Å². The number of aromatic nitrogens is 6. The highest BCUT2D eigenvalue weighted by molar-refractivity contribution is 6.07. The van der Waals surface area contributed by atoms with Crippen LogP contribution in [-0.2, 0) is 4.74 Å². The molecule has 8 aromatic rings. The first-order valence-corrected chi connectivity index (χ1v) is 20.5. The van der Waals surface area contributed by atoms with E-state index in [9.17, 15) is 9.59 Å². The number of Topliss-reactive ketones (excluding diaryl/α,β-unsaturated/α-hetero) is 1. The zero-order valence-electron chi connectivity index (χ0n) is 34.6. The summed E-state index contributed by atoms with van der Waals surface area (Å²) in [6.45, 7) is 11.9. The van der Waals surface area contributed by atoms with Crippen LogP contribution in [0.1, 0.15) is 34.6 Å². The summed E-state index contributed by atoms with van der Waals surface area (Å²) in [5.41, 5.74) is 13.0. The molecule has 10 rings (SSSR count). The van der Waals surface area contributed by atoms with E-state index in [0.717, 1.165) is 108 Å². The van der Waals surface area contributed by atoms with Crippen molar-refractivity contribution in [1.29, 1.82) is 0 Å².